The van der Waals surface area contributed by atoms with E-state index in [1.54, 1.807) is 10.6 Å². The Labute approximate surface area is 139 Å². The van der Waals surface area contributed by atoms with E-state index in [2.05, 4.69) is 5.32 Å². The highest BCUT2D eigenvalue weighted by molar-refractivity contribution is 5.76. The number of para-hydroxylation sites is 2. The normalized spacial score (nSPS) is 12.2. The third kappa shape index (κ3) is 3.56. The lowest BCUT2D eigenvalue weighted by molar-refractivity contribution is -0.121. The molecule has 5 heteroatoms. The Morgan fingerprint density at radius 2 is 1.83 bits per heavy atom. The van der Waals surface area contributed by atoms with Crippen LogP contribution in [0.1, 0.15) is 31.4 Å². The predicted molar refractivity (Wildman–Crippen MR) is 92.7 cm³/mol. The van der Waals surface area contributed by atoms with Gasteiger partial charge >= 0.3 is 5.76 Å². The summed E-state index contributed by atoms with van der Waals surface area (Å²) in [5.74, 6) is -0.401. The smallest absolute Gasteiger partial charge is 0.408 e. The number of fused-ring (bicyclic) bond motifs is 1. The number of hydrogen-bond acceptors (Lipinski definition) is 3. The first kappa shape index (κ1) is 16.1. The fourth-order valence-electron chi connectivity index (χ4n) is 2.76. The third-order valence-electron chi connectivity index (χ3n) is 4.04. The molecule has 1 amide bonds. The summed E-state index contributed by atoms with van der Waals surface area (Å²) in [5, 5.41) is 2.98. The summed E-state index contributed by atoms with van der Waals surface area (Å²) in [6.45, 7) is 2.42. The van der Waals surface area contributed by atoms with Crippen LogP contribution in [0.5, 0.6) is 0 Å². The van der Waals surface area contributed by atoms with Gasteiger partial charge < -0.3 is 9.73 Å². The number of nitrogens with zero attached hydrogens (tertiary/aromatic N) is 1. The lowest BCUT2D eigenvalue weighted by atomic mass is 10.1. The van der Waals surface area contributed by atoms with Gasteiger partial charge in [-0.25, -0.2) is 4.79 Å². The Kier molecular flexibility index (Phi) is 4.79. The Morgan fingerprint density at radius 3 is 2.62 bits per heavy atom. The topological polar surface area (TPSA) is 64.2 Å². The predicted octanol–water partition coefficient (Wildman–Crippen LogP) is 3.25. The molecule has 0 bridgehead atoms. The summed E-state index contributed by atoms with van der Waals surface area (Å²) in [6, 6.07) is 17.1. The van der Waals surface area contributed by atoms with Gasteiger partial charge in [0.2, 0.25) is 5.91 Å². The highest BCUT2D eigenvalue weighted by atomic mass is 16.4. The Balaban J connectivity index is 1.55. The monoisotopic (exact) mass is 324 g/mol. The highest BCUT2D eigenvalue weighted by Gasteiger charge is 2.11. The molecule has 1 heterocycles. The number of nitrogens with one attached hydrogen (secondary N) is 1. The minimum atomic E-state index is -0.380. The van der Waals surface area contributed by atoms with E-state index in [9.17, 15) is 9.59 Å². The van der Waals surface area contributed by atoms with Crippen molar-refractivity contribution in [2.45, 2.75) is 32.4 Å². The van der Waals surface area contributed by atoms with Crippen molar-refractivity contribution in [3.8, 4) is 0 Å². The molecule has 2 aromatic carbocycles. The standard InChI is InChI=1S/C19H20N2O3/c1-14(15-8-3-2-4-9-15)20-18(22)12-7-13-21-16-10-5-6-11-17(16)24-19(21)23/h2-6,8-11,14H,7,12-13H2,1H3,(H,20,22)/t14-/m1/s1. The van der Waals surface area contributed by atoms with Crippen LogP contribution in [0.2, 0.25) is 0 Å². The van der Waals surface area contributed by atoms with Crippen molar-refractivity contribution in [3.05, 3.63) is 70.7 Å². The summed E-state index contributed by atoms with van der Waals surface area (Å²) in [4.78, 5) is 24.0. The summed E-state index contributed by atoms with van der Waals surface area (Å²) >= 11 is 0. The van der Waals surface area contributed by atoms with E-state index in [1.807, 2.05) is 55.5 Å². The second-order valence-electron chi connectivity index (χ2n) is 5.79. The molecular formula is C19H20N2O3. The summed E-state index contributed by atoms with van der Waals surface area (Å²) in [7, 11) is 0. The molecule has 124 valence electrons. The van der Waals surface area contributed by atoms with Gasteiger partial charge in [0.05, 0.1) is 11.6 Å². The van der Waals surface area contributed by atoms with Crippen molar-refractivity contribution in [1.29, 1.82) is 0 Å². The number of carbonyl (C=O) groups is 1. The van der Waals surface area contributed by atoms with Crippen molar-refractivity contribution in [2.75, 3.05) is 0 Å². The quantitative estimate of drug-likeness (QED) is 0.757. The molecule has 0 aliphatic carbocycles. The first-order valence-electron chi connectivity index (χ1n) is 8.08. The van der Waals surface area contributed by atoms with Crippen molar-refractivity contribution in [1.82, 2.24) is 9.88 Å². The molecule has 0 radical (unpaired) electrons. The largest absolute Gasteiger partial charge is 0.419 e. The molecule has 1 aromatic heterocycles. The summed E-state index contributed by atoms with van der Waals surface area (Å²) < 4.78 is 6.76. The molecular weight excluding hydrogens is 304 g/mol. The zero-order valence-corrected chi connectivity index (χ0v) is 13.6. The molecule has 5 nitrogen and oxygen atoms in total. The number of aryl methyl sites for hydroxylation is 1. The number of aromatic nitrogens is 1. The average Bonchev–Trinajstić information content (AvgIpc) is 2.91. The molecule has 0 unspecified atom stereocenters. The molecule has 3 rings (SSSR count). The molecule has 1 atom stereocenters. The average molecular weight is 324 g/mol. The third-order valence-corrected chi connectivity index (χ3v) is 4.04. The van der Waals surface area contributed by atoms with Crippen LogP contribution in [0, 0.1) is 0 Å². The van der Waals surface area contributed by atoms with E-state index < -0.39 is 0 Å². The van der Waals surface area contributed by atoms with Crippen LogP contribution in [0.15, 0.2) is 63.8 Å². The maximum Gasteiger partial charge on any atom is 0.419 e. The van der Waals surface area contributed by atoms with Crippen LogP contribution in [-0.2, 0) is 11.3 Å². The first-order chi connectivity index (χ1) is 11.6. The number of benzene rings is 2. The van der Waals surface area contributed by atoms with Gasteiger partial charge in [0, 0.05) is 13.0 Å². The van der Waals surface area contributed by atoms with Gasteiger partial charge in [-0.1, -0.05) is 42.5 Å². The Hall–Kier alpha value is -2.82. The van der Waals surface area contributed by atoms with E-state index in [-0.39, 0.29) is 17.7 Å². The molecule has 0 aliphatic rings. The number of carbonyl (C=O) groups excluding carboxylic acids is 1. The zero-order valence-electron chi connectivity index (χ0n) is 13.6. The first-order valence-corrected chi connectivity index (χ1v) is 8.08. The van der Waals surface area contributed by atoms with Gasteiger partial charge in [-0.3, -0.25) is 9.36 Å². The van der Waals surface area contributed by atoms with Gasteiger partial charge in [0.25, 0.3) is 0 Å². The van der Waals surface area contributed by atoms with Crippen LogP contribution < -0.4 is 11.1 Å². The number of hydrogen-bond donors (Lipinski definition) is 1. The van der Waals surface area contributed by atoms with Crippen LogP contribution >= 0.6 is 0 Å². The summed E-state index contributed by atoms with van der Waals surface area (Å²) in [5.41, 5.74) is 2.41. The second-order valence-corrected chi connectivity index (χ2v) is 5.79. The van der Waals surface area contributed by atoms with Gasteiger partial charge in [0.1, 0.15) is 0 Å². The van der Waals surface area contributed by atoms with Gasteiger partial charge in [0.15, 0.2) is 5.58 Å². The summed E-state index contributed by atoms with van der Waals surface area (Å²) in [6.07, 6.45) is 0.944. The Bertz CT molecular complexity index is 880. The minimum absolute atomic E-state index is 0.0211. The van der Waals surface area contributed by atoms with Crippen LogP contribution in [-0.4, -0.2) is 10.5 Å². The molecule has 0 saturated heterocycles. The molecule has 24 heavy (non-hydrogen) atoms. The maximum absolute atomic E-state index is 12.1. The Morgan fingerprint density at radius 1 is 1.12 bits per heavy atom. The molecule has 3 aromatic rings. The number of rotatable bonds is 6. The maximum atomic E-state index is 12.1. The zero-order chi connectivity index (χ0) is 16.9. The van der Waals surface area contributed by atoms with E-state index in [1.165, 1.54) is 0 Å². The van der Waals surface area contributed by atoms with E-state index >= 15 is 0 Å². The van der Waals surface area contributed by atoms with E-state index in [0.717, 1.165) is 11.1 Å². The SMILES string of the molecule is C[C@@H](NC(=O)CCCn1c(=O)oc2ccccc21)c1ccccc1. The van der Waals surface area contributed by atoms with Crippen LogP contribution in [0.4, 0.5) is 0 Å². The fraction of sp³-hybridized carbons (Fsp3) is 0.263. The molecule has 0 aliphatic heterocycles. The minimum Gasteiger partial charge on any atom is -0.408 e. The van der Waals surface area contributed by atoms with Crippen LogP contribution in [0.25, 0.3) is 11.1 Å². The van der Waals surface area contributed by atoms with Gasteiger partial charge in [-0.05, 0) is 31.0 Å². The highest BCUT2D eigenvalue weighted by Crippen LogP contribution is 2.13. The van der Waals surface area contributed by atoms with Gasteiger partial charge in [-0.15, -0.1) is 0 Å². The number of amides is 1. The lowest BCUT2D eigenvalue weighted by Crippen LogP contribution is -2.27. The fourth-order valence-corrected chi connectivity index (χ4v) is 2.76. The van der Waals surface area contributed by atoms with Crippen molar-refractivity contribution < 1.29 is 9.21 Å². The van der Waals surface area contributed by atoms with Crippen LogP contribution in [0.3, 0.4) is 0 Å². The van der Waals surface area contributed by atoms with Gasteiger partial charge in [-0.2, -0.15) is 0 Å². The lowest BCUT2D eigenvalue weighted by Gasteiger charge is -2.14. The second kappa shape index (κ2) is 7.17. The van der Waals surface area contributed by atoms with E-state index in [0.29, 0.717) is 25.0 Å². The molecule has 0 spiro atoms. The van der Waals surface area contributed by atoms with E-state index in [4.69, 9.17) is 4.42 Å². The molecule has 0 saturated carbocycles. The van der Waals surface area contributed by atoms with Crippen molar-refractivity contribution in [3.63, 3.8) is 0 Å². The molecule has 1 N–H and O–H groups in total. The van der Waals surface area contributed by atoms with Crippen molar-refractivity contribution in [2.24, 2.45) is 0 Å². The van der Waals surface area contributed by atoms with Crippen molar-refractivity contribution >= 4 is 17.0 Å². The molecule has 0 fully saturated rings. The number of oxazole rings is 1.